The molecule has 0 rings (SSSR count). The maximum atomic E-state index is 8.56. The second-order valence-electron chi connectivity index (χ2n) is 0.283. The van der Waals surface area contributed by atoms with Crippen LogP contribution in [0, 0.1) is 0 Å². The predicted octanol–water partition coefficient (Wildman–Crippen LogP) is 0.152. The Morgan fingerprint density at radius 1 is 1.33 bits per heavy atom. The van der Waals surface area contributed by atoms with Crippen molar-refractivity contribution in [3.63, 3.8) is 0 Å². The van der Waals surface area contributed by atoms with Crippen molar-refractivity contribution in [2.45, 2.75) is 0 Å². The van der Waals surface area contributed by atoms with Gasteiger partial charge in [0.15, 0.2) is 0 Å². The van der Waals surface area contributed by atoms with E-state index in [-0.39, 0.29) is 35.8 Å². The van der Waals surface area contributed by atoms with Crippen LogP contribution in [0.2, 0.25) is 0 Å². The summed E-state index contributed by atoms with van der Waals surface area (Å²) in [5, 5.41) is 13.9. The summed E-state index contributed by atoms with van der Waals surface area (Å²) < 4.78 is 0. The third kappa shape index (κ3) is 404. The van der Waals surface area contributed by atoms with Crippen molar-refractivity contribution in [2.24, 2.45) is 0 Å². The zero-order chi connectivity index (χ0) is 3.58. The second kappa shape index (κ2) is 9.02. The van der Waals surface area contributed by atoms with Gasteiger partial charge in [-0.15, -0.1) is 17.0 Å². The Labute approximate surface area is 57.3 Å². The average molecular weight is 151 g/mol. The first-order chi connectivity index (χ1) is 1.73. The van der Waals surface area contributed by atoms with Gasteiger partial charge in [-0.3, -0.25) is 0 Å². The van der Waals surface area contributed by atoms with Gasteiger partial charge in [0.25, 0.3) is 0 Å². The summed E-state index contributed by atoms with van der Waals surface area (Å²) in [7, 11) is 0. The Balaban J connectivity index is -0.0000000450. The maximum absolute atomic E-state index is 8.56. The van der Waals surface area contributed by atoms with E-state index in [9.17, 15) is 0 Å². The Hall–Kier alpha value is 0.347. The summed E-state index contributed by atoms with van der Waals surface area (Å²) in [6.07, 6.45) is -1.83. The summed E-state index contributed by atoms with van der Waals surface area (Å²) in [6, 6.07) is 0. The summed E-state index contributed by atoms with van der Waals surface area (Å²) in [6.45, 7) is 0. The van der Waals surface area contributed by atoms with Crippen LogP contribution in [-0.4, -0.2) is 35.2 Å². The molecule has 0 aromatic carbocycles. The number of hydrogen-bond acceptors (Lipinski definition) is 1. The Morgan fingerprint density at radius 2 is 1.33 bits per heavy atom. The van der Waals surface area contributed by atoms with Crippen LogP contribution in [0.5, 0.6) is 0 Å². The van der Waals surface area contributed by atoms with Gasteiger partial charge < -0.3 is 10.2 Å². The van der Waals surface area contributed by atoms with Crippen LogP contribution in [-0.2, 0) is 0 Å². The molecule has 0 radical (unpaired) electrons. The molecule has 0 aromatic heterocycles. The molecule has 0 aromatic rings. The minimum absolute atomic E-state index is 0. The van der Waals surface area contributed by atoms with Crippen molar-refractivity contribution < 1.29 is 15.0 Å². The molecular weight excluding hydrogens is 147 g/mol. The molecule has 0 fully saturated rings. The molecule has 0 amide bonds. The van der Waals surface area contributed by atoms with Gasteiger partial charge in [0, 0.05) is 0 Å². The van der Waals surface area contributed by atoms with Crippen LogP contribution in [0.4, 0.5) is 4.79 Å². The number of rotatable bonds is 0. The first kappa shape index (κ1) is 16.2. The molecule has 2 N–H and O–H groups in total. The SMILES string of the molecule is Br.O=C(O)O.[LiH]. The molecule has 5 heteroatoms. The van der Waals surface area contributed by atoms with E-state index in [0.717, 1.165) is 0 Å². The molecule has 0 aliphatic carbocycles. The van der Waals surface area contributed by atoms with Gasteiger partial charge in [0.2, 0.25) is 0 Å². The van der Waals surface area contributed by atoms with E-state index in [1.807, 2.05) is 0 Å². The van der Waals surface area contributed by atoms with Crippen LogP contribution in [0.1, 0.15) is 0 Å². The molecule has 0 spiro atoms. The molecule has 0 aliphatic rings. The zero-order valence-electron chi connectivity index (χ0n) is 2.21. The quantitative estimate of drug-likeness (QED) is 0.484. The van der Waals surface area contributed by atoms with Crippen molar-refractivity contribution in [1.29, 1.82) is 0 Å². The zero-order valence-corrected chi connectivity index (χ0v) is 3.92. The number of carbonyl (C=O) groups is 1. The van der Waals surface area contributed by atoms with E-state index in [4.69, 9.17) is 15.0 Å². The summed E-state index contributed by atoms with van der Waals surface area (Å²) in [5.74, 6) is 0. The van der Waals surface area contributed by atoms with Crippen molar-refractivity contribution in [3.05, 3.63) is 0 Å². The fraction of sp³-hybridized carbons (Fsp3) is 0. The molecule has 0 heterocycles. The van der Waals surface area contributed by atoms with Gasteiger partial charge in [-0.2, -0.15) is 0 Å². The van der Waals surface area contributed by atoms with E-state index in [1.165, 1.54) is 0 Å². The van der Waals surface area contributed by atoms with Crippen molar-refractivity contribution in [3.8, 4) is 0 Å². The van der Waals surface area contributed by atoms with E-state index in [1.54, 1.807) is 0 Å². The Bertz CT molecular complexity index is 33.8. The molecule has 3 nitrogen and oxygen atoms in total. The first-order valence-corrected chi connectivity index (χ1v) is 0.651. The van der Waals surface area contributed by atoms with Crippen LogP contribution in [0.15, 0.2) is 0 Å². The average Bonchev–Trinajstić information content (AvgIpc) is 0.811. The Kier molecular flexibility index (Phi) is 24.4. The summed E-state index contributed by atoms with van der Waals surface area (Å²) in [4.78, 5) is 8.56. The first-order valence-electron chi connectivity index (χ1n) is 0.651. The molecule has 0 saturated heterocycles. The monoisotopic (exact) mass is 150 g/mol. The molecule has 0 aliphatic heterocycles. The molecular formula is CH4BrLiO3. The van der Waals surface area contributed by atoms with Crippen LogP contribution in [0.3, 0.4) is 0 Å². The van der Waals surface area contributed by atoms with Crippen molar-refractivity contribution >= 4 is 42.0 Å². The van der Waals surface area contributed by atoms with Crippen LogP contribution in [0.25, 0.3) is 0 Å². The van der Waals surface area contributed by atoms with E-state index in [0.29, 0.717) is 0 Å². The molecule has 0 unspecified atom stereocenters. The normalized spacial score (nSPS) is 4.00. The van der Waals surface area contributed by atoms with Gasteiger partial charge in [-0.05, 0) is 0 Å². The Morgan fingerprint density at radius 3 is 1.33 bits per heavy atom. The predicted molar refractivity (Wildman–Crippen MR) is 28.1 cm³/mol. The van der Waals surface area contributed by atoms with E-state index < -0.39 is 6.16 Å². The minimum atomic E-state index is -1.83. The van der Waals surface area contributed by atoms with Gasteiger partial charge in [0.05, 0.1) is 0 Å². The number of hydrogen-bond donors (Lipinski definition) is 2. The van der Waals surface area contributed by atoms with Gasteiger partial charge in [-0.25, -0.2) is 4.79 Å². The van der Waals surface area contributed by atoms with Crippen LogP contribution < -0.4 is 0 Å². The topological polar surface area (TPSA) is 57.5 Å². The van der Waals surface area contributed by atoms with Gasteiger partial charge in [-0.1, -0.05) is 0 Å². The van der Waals surface area contributed by atoms with Crippen molar-refractivity contribution in [2.75, 3.05) is 0 Å². The summed E-state index contributed by atoms with van der Waals surface area (Å²) in [5.41, 5.74) is 0. The fourth-order valence-electron chi connectivity index (χ4n) is 0. The molecule has 0 atom stereocenters. The summed E-state index contributed by atoms with van der Waals surface area (Å²) >= 11 is 0. The van der Waals surface area contributed by atoms with E-state index in [2.05, 4.69) is 0 Å². The fourth-order valence-corrected chi connectivity index (χ4v) is 0. The molecule has 6 heavy (non-hydrogen) atoms. The second-order valence-corrected chi connectivity index (χ2v) is 0.283. The number of carboxylic acid groups (broad SMARTS) is 2. The van der Waals surface area contributed by atoms with Crippen molar-refractivity contribution in [1.82, 2.24) is 0 Å². The van der Waals surface area contributed by atoms with Gasteiger partial charge >= 0.3 is 25.0 Å². The third-order valence-corrected chi connectivity index (χ3v) is 0. The molecule has 0 bridgehead atoms. The van der Waals surface area contributed by atoms with Gasteiger partial charge in [0.1, 0.15) is 0 Å². The third-order valence-electron chi connectivity index (χ3n) is 0. The molecule has 0 saturated carbocycles. The van der Waals surface area contributed by atoms with Crippen LogP contribution >= 0.6 is 17.0 Å². The number of halogens is 1. The standard InChI is InChI=1S/CH2O3.BrH.Li.H/c2-1(3)4;;;/h(H2,2,3,4);1H;;. The van der Waals surface area contributed by atoms with E-state index >= 15 is 0 Å². The molecule has 34 valence electrons.